The summed E-state index contributed by atoms with van der Waals surface area (Å²) >= 11 is 0. The highest BCUT2D eigenvalue weighted by Crippen LogP contribution is 2.19. The fourth-order valence-corrected chi connectivity index (χ4v) is 3.18. The van der Waals surface area contributed by atoms with E-state index in [-0.39, 0.29) is 37.3 Å². The van der Waals surface area contributed by atoms with Crippen LogP contribution in [0, 0.1) is 5.92 Å². The summed E-state index contributed by atoms with van der Waals surface area (Å²) in [5.41, 5.74) is 0.958. The van der Waals surface area contributed by atoms with Crippen LogP contribution in [-0.2, 0) is 16.0 Å². The van der Waals surface area contributed by atoms with Crippen LogP contribution in [0.25, 0.3) is 10.8 Å². The number of likely N-dealkylation sites (tertiary alicyclic amines) is 1. The van der Waals surface area contributed by atoms with E-state index in [0.717, 1.165) is 22.8 Å². The second kappa shape index (κ2) is 7.45. The minimum absolute atomic E-state index is 0.0156. The Balaban J connectivity index is 1.55. The molecule has 1 heterocycles. The predicted octanol–water partition coefficient (Wildman–Crippen LogP) is 1.34. The number of aliphatic hydroxyl groups excluding tert-OH is 1. The smallest absolute Gasteiger partial charge is 0.241 e. The van der Waals surface area contributed by atoms with Crippen LogP contribution in [0.15, 0.2) is 42.5 Å². The van der Waals surface area contributed by atoms with Gasteiger partial charge in [-0.05, 0) is 22.8 Å². The first kappa shape index (κ1) is 16.5. The Morgan fingerprint density at radius 2 is 1.96 bits per heavy atom. The molecular weight excluding hydrogens is 304 g/mol. The molecule has 1 aliphatic rings. The zero-order valence-corrected chi connectivity index (χ0v) is 13.6. The van der Waals surface area contributed by atoms with E-state index >= 15 is 0 Å². The van der Waals surface area contributed by atoms with Gasteiger partial charge in [-0.1, -0.05) is 42.5 Å². The van der Waals surface area contributed by atoms with Gasteiger partial charge in [0.1, 0.15) is 0 Å². The van der Waals surface area contributed by atoms with Crippen LogP contribution in [0.1, 0.15) is 12.0 Å². The molecule has 0 radical (unpaired) electrons. The van der Waals surface area contributed by atoms with Crippen molar-refractivity contribution in [2.45, 2.75) is 12.8 Å². The highest BCUT2D eigenvalue weighted by molar-refractivity contribution is 5.91. The SMILES string of the molecule is O=C(Cc1cccc2ccccc12)NCC(=O)N1CCC(CO)C1. The fraction of sp³-hybridized carbons (Fsp3) is 0.368. The Morgan fingerprint density at radius 1 is 1.17 bits per heavy atom. The highest BCUT2D eigenvalue weighted by Gasteiger charge is 2.25. The van der Waals surface area contributed by atoms with Crippen molar-refractivity contribution in [3.05, 3.63) is 48.0 Å². The van der Waals surface area contributed by atoms with Crippen LogP contribution in [0.3, 0.4) is 0 Å². The molecule has 3 rings (SSSR count). The first-order valence-corrected chi connectivity index (χ1v) is 8.29. The van der Waals surface area contributed by atoms with E-state index in [1.165, 1.54) is 0 Å². The van der Waals surface area contributed by atoms with Gasteiger partial charge in [0.05, 0.1) is 13.0 Å². The molecule has 0 aliphatic carbocycles. The molecule has 1 atom stereocenters. The van der Waals surface area contributed by atoms with Gasteiger partial charge in [-0.25, -0.2) is 0 Å². The maximum absolute atomic E-state index is 12.2. The third kappa shape index (κ3) is 3.74. The first-order chi connectivity index (χ1) is 11.7. The van der Waals surface area contributed by atoms with Gasteiger partial charge in [0.15, 0.2) is 0 Å². The van der Waals surface area contributed by atoms with Crippen molar-refractivity contribution in [3.8, 4) is 0 Å². The summed E-state index contributed by atoms with van der Waals surface area (Å²) in [6.45, 7) is 1.36. The molecular formula is C19H22N2O3. The zero-order valence-electron chi connectivity index (χ0n) is 13.6. The number of nitrogens with zero attached hydrogens (tertiary/aromatic N) is 1. The van der Waals surface area contributed by atoms with E-state index in [2.05, 4.69) is 5.32 Å². The number of nitrogens with one attached hydrogen (secondary N) is 1. The molecule has 126 valence electrons. The topological polar surface area (TPSA) is 69.6 Å². The van der Waals surface area contributed by atoms with Crippen molar-refractivity contribution in [2.24, 2.45) is 5.92 Å². The number of hydrogen-bond donors (Lipinski definition) is 2. The Bertz CT molecular complexity index is 739. The van der Waals surface area contributed by atoms with Crippen LogP contribution in [-0.4, -0.2) is 48.1 Å². The van der Waals surface area contributed by atoms with Crippen molar-refractivity contribution in [1.82, 2.24) is 10.2 Å². The first-order valence-electron chi connectivity index (χ1n) is 8.29. The maximum Gasteiger partial charge on any atom is 0.241 e. The molecule has 2 aromatic carbocycles. The number of aliphatic hydroxyl groups is 1. The third-order valence-corrected chi connectivity index (χ3v) is 4.56. The number of amides is 2. The largest absolute Gasteiger partial charge is 0.396 e. The van der Waals surface area contributed by atoms with Gasteiger partial charge in [0.2, 0.25) is 11.8 Å². The summed E-state index contributed by atoms with van der Waals surface area (Å²) in [6.07, 6.45) is 1.08. The Kier molecular flexibility index (Phi) is 5.11. The standard InChI is InChI=1S/C19H22N2O3/c22-13-14-8-9-21(12-14)19(24)11-20-18(23)10-16-6-3-5-15-4-1-2-7-17(15)16/h1-7,14,22H,8-13H2,(H,20,23). The summed E-state index contributed by atoms with van der Waals surface area (Å²) in [6, 6.07) is 13.9. The Hall–Kier alpha value is -2.40. The van der Waals surface area contributed by atoms with Gasteiger partial charge in [-0.15, -0.1) is 0 Å². The van der Waals surface area contributed by atoms with E-state index in [1.54, 1.807) is 4.90 Å². The van der Waals surface area contributed by atoms with Crippen LogP contribution in [0.4, 0.5) is 0 Å². The maximum atomic E-state index is 12.2. The molecule has 0 bridgehead atoms. The van der Waals surface area contributed by atoms with Crippen LogP contribution >= 0.6 is 0 Å². The minimum Gasteiger partial charge on any atom is -0.396 e. The van der Waals surface area contributed by atoms with Gasteiger partial charge >= 0.3 is 0 Å². The third-order valence-electron chi connectivity index (χ3n) is 4.56. The summed E-state index contributed by atoms with van der Waals surface area (Å²) < 4.78 is 0. The second-order valence-electron chi connectivity index (χ2n) is 6.27. The lowest BCUT2D eigenvalue weighted by molar-refractivity contribution is -0.132. The molecule has 2 N–H and O–H groups in total. The van der Waals surface area contributed by atoms with Gasteiger partial charge in [0, 0.05) is 25.6 Å². The summed E-state index contributed by atoms with van der Waals surface area (Å²) in [5.74, 6) is -0.0739. The quantitative estimate of drug-likeness (QED) is 0.871. The van der Waals surface area contributed by atoms with Gasteiger partial charge < -0.3 is 15.3 Å². The van der Waals surface area contributed by atoms with Crippen molar-refractivity contribution >= 4 is 22.6 Å². The lowest BCUT2D eigenvalue weighted by atomic mass is 10.0. The molecule has 2 amide bonds. The molecule has 0 saturated carbocycles. The lowest BCUT2D eigenvalue weighted by Gasteiger charge is -2.16. The molecule has 1 saturated heterocycles. The van der Waals surface area contributed by atoms with E-state index in [0.29, 0.717) is 13.1 Å². The highest BCUT2D eigenvalue weighted by atomic mass is 16.3. The molecule has 5 heteroatoms. The molecule has 0 aromatic heterocycles. The van der Waals surface area contributed by atoms with E-state index in [1.807, 2.05) is 42.5 Å². The number of carbonyl (C=O) groups is 2. The number of carbonyl (C=O) groups excluding carboxylic acids is 2. The predicted molar refractivity (Wildman–Crippen MR) is 92.4 cm³/mol. The zero-order chi connectivity index (χ0) is 16.9. The van der Waals surface area contributed by atoms with E-state index in [4.69, 9.17) is 5.11 Å². The molecule has 24 heavy (non-hydrogen) atoms. The van der Waals surface area contributed by atoms with Crippen LogP contribution in [0.2, 0.25) is 0 Å². The normalized spacial score (nSPS) is 17.2. The Morgan fingerprint density at radius 3 is 2.75 bits per heavy atom. The minimum atomic E-state index is -0.155. The van der Waals surface area contributed by atoms with Crippen molar-refractivity contribution in [1.29, 1.82) is 0 Å². The average Bonchev–Trinajstić information content (AvgIpc) is 3.09. The number of fused-ring (bicyclic) bond motifs is 1. The molecule has 5 nitrogen and oxygen atoms in total. The van der Waals surface area contributed by atoms with E-state index < -0.39 is 0 Å². The molecule has 1 fully saturated rings. The molecule has 1 aliphatic heterocycles. The van der Waals surface area contributed by atoms with Crippen LogP contribution < -0.4 is 5.32 Å². The molecule has 1 unspecified atom stereocenters. The fourth-order valence-electron chi connectivity index (χ4n) is 3.18. The number of benzene rings is 2. The second-order valence-corrected chi connectivity index (χ2v) is 6.27. The average molecular weight is 326 g/mol. The van der Waals surface area contributed by atoms with Gasteiger partial charge in [-0.3, -0.25) is 9.59 Å². The summed E-state index contributed by atoms with van der Waals surface area (Å²) in [7, 11) is 0. The number of hydrogen-bond acceptors (Lipinski definition) is 3. The number of rotatable bonds is 5. The van der Waals surface area contributed by atoms with Crippen molar-refractivity contribution in [3.63, 3.8) is 0 Å². The van der Waals surface area contributed by atoms with Gasteiger partial charge in [-0.2, -0.15) is 0 Å². The Labute approximate surface area is 141 Å². The summed E-state index contributed by atoms with van der Waals surface area (Å²) in [4.78, 5) is 26.0. The molecule has 2 aromatic rings. The monoisotopic (exact) mass is 326 g/mol. The van der Waals surface area contributed by atoms with E-state index in [9.17, 15) is 9.59 Å². The van der Waals surface area contributed by atoms with Crippen molar-refractivity contribution in [2.75, 3.05) is 26.2 Å². The lowest BCUT2D eigenvalue weighted by Crippen LogP contribution is -2.39. The van der Waals surface area contributed by atoms with Crippen LogP contribution in [0.5, 0.6) is 0 Å². The molecule has 0 spiro atoms. The van der Waals surface area contributed by atoms with Gasteiger partial charge in [0.25, 0.3) is 0 Å². The summed E-state index contributed by atoms with van der Waals surface area (Å²) in [5, 5.41) is 14.0. The van der Waals surface area contributed by atoms with Crippen molar-refractivity contribution < 1.29 is 14.7 Å².